The average Bonchev–Trinajstić information content (AvgIpc) is 2.63. The molecule has 1 aromatic heterocycles. The van der Waals surface area contributed by atoms with Gasteiger partial charge in [-0.2, -0.15) is 0 Å². The van der Waals surface area contributed by atoms with Crippen molar-refractivity contribution in [2.24, 2.45) is 5.92 Å². The quantitative estimate of drug-likeness (QED) is 0.658. The second-order valence-corrected chi connectivity index (χ2v) is 10.1. The van der Waals surface area contributed by atoms with Crippen LogP contribution in [0.25, 0.3) is 10.9 Å². The van der Waals surface area contributed by atoms with Crippen LogP contribution >= 0.6 is 0 Å². The van der Waals surface area contributed by atoms with E-state index in [-0.39, 0.29) is 11.6 Å². The van der Waals surface area contributed by atoms with Crippen molar-refractivity contribution in [3.05, 3.63) is 41.6 Å². The summed E-state index contributed by atoms with van der Waals surface area (Å²) >= 11 is 0. The molecule has 1 unspecified atom stereocenters. The van der Waals surface area contributed by atoms with E-state index in [4.69, 9.17) is 14.5 Å². The number of carbonyl (C=O) groups excluding carboxylic acids is 1. The normalized spacial score (nSPS) is 20.0. The summed E-state index contributed by atoms with van der Waals surface area (Å²) in [6.45, 7) is 12.7. The van der Waals surface area contributed by atoms with Crippen LogP contribution in [0.1, 0.15) is 78.1 Å². The van der Waals surface area contributed by atoms with Crippen LogP contribution in [0.5, 0.6) is 0 Å². The highest BCUT2D eigenvalue weighted by molar-refractivity contribution is 5.79. The van der Waals surface area contributed by atoms with Crippen molar-refractivity contribution in [2.45, 2.75) is 84.5 Å². The predicted molar refractivity (Wildman–Crippen MR) is 121 cm³/mol. The summed E-state index contributed by atoms with van der Waals surface area (Å²) in [5, 5.41) is 3.98. The SMILES string of the molecule is C[C@@H](NC(=O)OC(C)(C)C)c1ccc2ccc(CCC3CCOC(C)(C)C3)cc2n1. The number of aromatic nitrogens is 1. The highest BCUT2D eigenvalue weighted by Gasteiger charge is 2.28. The lowest BCUT2D eigenvalue weighted by atomic mass is 9.84. The molecule has 0 bridgehead atoms. The van der Waals surface area contributed by atoms with Crippen LogP contribution in [0.15, 0.2) is 30.3 Å². The molecule has 1 aliphatic heterocycles. The molecular weight excluding hydrogens is 376 g/mol. The lowest BCUT2D eigenvalue weighted by molar-refractivity contribution is -0.0734. The number of pyridine rings is 1. The molecule has 0 saturated carbocycles. The van der Waals surface area contributed by atoms with Gasteiger partial charge in [0.2, 0.25) is 0 Å². The Bertz CT molecular complexity index is 886. The highest BCUT2D eigenvalue weighted by Crippen LogP contribution is 2.31. The van der Waals surface area contributed by atoms with E-state index in [9.17, 15) is 4.79 Å². The maximum atomic E-state index is 12.1. The fraction of sp³-hybridized carbons (Fsp3) is 0.600. The number of alkyl carbamates (subject to hydrolysis) is 1. The second kappa shape index (κ2) is 8.93. The second-order valence-electron chi connectivity index (χ2n) is 10.1. The molecule has 5 heteroatoms. The standard InChI is InChI=1S/C25H36N2O3/c1-17(26-23(28)30-24(2,3)4)21-12-11-20-10-9-18(15-22(20)27-21)7-8-19-13-14-29-25(5,6)16-19/h9-12,15,17,19H,7-8,13-14,16H2,1-6H3,(H,26,28)/t17-,19?/m1/s1. The van der Waals surface area contributed by atoms with Crippen LogP contribution in [0.3, 0.4) is 0 Å². The molecule has 30 heavy (non-hydrogen) atoms. The van der Waals surface area contributed by atoms with E-state index in [1.54, 1.807) is 0 Å². The Labute approximate surface area is 180 Å². The number of nitrogens with one attached hydrogen (secondary N) is 1. The molecule has 0 spiro atoms. The average molecular weight is 413 g/mol. The molecule has 3 rings (SSSR count). The molecular formula is C25H36N2O3. The zero-order chi connectivity index (χ0) is 21.9. The van der Waals surface area contributed by atoms with E-state index in [0.29, 0.717) is 5.92 Å². The van der Waals surface area contributed by atoms with E-state index in [1.165, 1.54) is 12.0 Å². The highest BCUT2D eigenvalue weighted by atomic mass is 16.6. The minimum absolute atomic E-state index is 0.0000350. The summed E-state index contributed by atoms with van der Waals surface area (Å²) in [4.78, 5) is 16.9. The van der Waals surface area contributed by atoms with Gasteiger partial charge in [-0.15, -0.1) is 0 Å². The summed E-state index contributed by atoms with van der Waals surface area (Å²) in [5.41, 5.74) is 2.59. The molecule has 164 valence electrons. The van der Waals surface area contributed by atoms with Gasteiger partial charge in [0.05, 0.1) is 22.9 Å². The van der Waals surface area contributed by atoms with Crippen LogP contribution < -0.4 is 5.32 Å². The van der Waals surface area contributed by atoms with Crippen molar-refractivity contribution in [3.8, 4) is 0 Å². The van der Waals surface area contributed by atoms with Gasteiger partial charge in [-0.05, 0) is 90.8 Å². The lowest BCUT2D eigenvalue weighted by Crippen LogP contribution is -2.34. The number of hydrogen-bond donors (Lipinski definition) is 1. The number of amides is 1. The molecule has 1 amide bonds. The van der Waals surface area contributed by atoms with Gasteiger partial charge in [-0.3, -0.25) is 4.98 Å². The van der Waals surface area contributed by atoms with Gasteiger partial charge in [0, 0.05) is 12.0 Å². The van der Waals surface area contributed by atoms with Gasteiger partial charge in [-0.25, -0.2) is 4.79 Å². The fourth-order valence-electron chi connectivity index (χ4n) is 4.11. The zero-order valence-corrected chi connectivity index (χ0v) is 19.2. The van der Waals surface area contributed by atoms with Crippen LogP contribution in [-0.2, 0) is 15.9 Å². The first-order valence-electron chi connectivity index (χ1n) is 11.0. The smallest absolute Gasteiger partial charge is 0.408 e. The Hall–Kier alpha value is -2.14. The third kappa shape index (κ3) is 6.43. The van der Waals surface area contributed by atoms with E-state index < -0.39 is 11.7 Å². The molecule has 1 aliphatic rings. The minimum Gasteiger partial charge on any atom is -0.444 e. The number of nitrogens with zero attached hydrogens (tertiary/aromatic N) is 1. The van der Waals surface area contributed by atoms with Gasteiger partial charge >= 0.3 is 6.09 Å². The molecule has 5 nitrogen and oxygen atoms in total. The van der Waals surface area contributed by atoms with E-state index >= 15 is 0 Å². The number of hydrogen-bond acceptors (Lipinski definition) is 4. The number of ether oxygens (including phenoxy) is 2. The van der Waals surface area contributed by atoms with E-state index in [0.717, 1.165) is 42.5 Å². The zero-order valence-electron chi connectivity index (χ0n) is 19.2. The van der Waals surface area contributed by atoms with Crippen LogP contribution in [0.2, 0.25) is 0 Å². The summed E-state index contributed by atoms with van der Waals surface area (Å²) < 4.78 is 11.2. The Kier molecular flexibility index (Phi) is 6.71. The molecule has 2 heterocycles. The third-order valence-electron chi connectivity index (χ3n) is 5.60. The van der Waals surface area contributed by atoms with Gasteiger partial charge < -0.3 is 14.8 Å². The molecule has 1 fully saturated rings. The number of aryl methyl sites for hydroxylation is 1. The molecule has 1 saturated heterocycles. The van der Waals surface area contributed by atoms with Crippen molar-refractivity contribution in [1.29, 1.82) is 0 Å². The van der Waals surface area contributed by atoms with Gasteiger partial charge in [-0.1, -0.05) is 18.2 Å². The van der Waals surface area contributed by atoms with E-state index in [2.05, 4.69) is 43.4 Å². The monoisotopic (exact) mass is 412 g/mol. The Morgan fingerprint density at radius 2 is 2.03 bits per heavy atom. The van der Waals surface area contributed by atoms with Gasteiger partial charge in [0.15, 0.2) is 0 Å². The first kappa shape index (κ1) is 22.5. The number of carbonyl (C=O) groups is 1. The number of benzene rings is 1. The van der Waals surface area contributed by atoms with Crippen molar-refractivity contribution in [1.82, 2.24) is 10.3 Å². The van der Waals surface area contributed by atoms with Gasteiger partial charge in [0.25, 0.3) is 0 Å². The maximum absolute atomic E-state index is 12.1. The Balaban J connectivity index is 1.66. The summed E-state index contributed by atoms with van der Waals surface area (Å²) in [6, 6.07) is 10.3. The molecule has 2 atom stereocenters. The van der Waals surface area contributed by atoms with Crippen molar-refractivity contribution in [3.63, 3.8) is 0 Å². The molecule has 1 aromatic carbocycles. The summed E-state index contributed by atoms with van der Waals surface area (Å²) in [6.07, 6.45) is 4.07. The molecule has 1 N–H and O–H groups in total. The first-order chi connectivity index (χ1) is 14.0. The van der Waals surface area contributed by atoms with Crippen LogP contribution in [0, 0.1) is 5.92 Å². The third-order valence-corrected chi connectivity index (χ3v) is 5.60. The van der Waals surface area contributed by atoms with E-state index in [1.807, 2.05) is 33.8 Å². The number of fused-ring (bicyclic) bond motifs is 1. The van der Waals surface area contributed by atoms with Crippen molar-refractivity contribution in [2.75, 3.05) is 6.61 Å². The first-order valence-corrected chi connectivity index (χ1v) is 11.0. The topological polar surface area (TPSA) is 60.5 Å². The minimum atomic E-state index is -0.519. The summed E-state index contributed by atoms with van der Waals surface area (Å²) in [7, 11) is 0. The predicted octanol–water partition coefficient (Wildman–Crippen LogP) is 5.96. The van der Waals surface area contributed by atoms with Crippen LogP contribution in [-0.4, -0.2) is 28.9 Å². The number of rotatable bonds is 5. The lowest BCUT2D eigenvalue weighted by Gasteiger charge is -2.35. The summed E-state index contributed by atoms with van der Waals surface area (Å²) in [5.74, 6) is 0.710. The van der Waals surface area contributed by atoms with Gasteiger partial charge in [0.1, 0.15) is 5.60 Å². The Morgan fingerprint density at radius 3 is 2.73 bits per heavy atom. The molecule has 2 aromatic rings. The Morgan fingerprint density at radius 1 is 1.30 bits per heavy atom. The molecule has 0 radical (unpaired) electrons. The fourth-order valence-corrected chi connectivity index (χ4v) is 4.11. The largest absolute Gasteiger partial charge is 0.444 e. The van der Waals surface area contributed by atoms with Crippen molar-refractivity contribution < 1.29 is 14.3 Å². The van der Waals surface area contributed by atoms with Crippen molar-refractivity contribution >= 4 is 17.0 Å². The molecule has 0 aliphatic carbocycles. The maximum Gasteiger partial charge on any atom is 0.408 e. The van der Waals surface area contributed by atoms with Crippen LogP contribution in [0.4, 0.5) is 4.79 Å².